The molecule has 3 rings (SSSR count). The molecule has 0 radical (unpaired) electrons. The van der Waals surface area contributed by atoms with Gasteiger partial charge in [0.15, 0.2) is 0 Å². The standard InChI is InChI=1S/C27H36N2O4/c1-20(2)26(30)29-15-8-6-4-5-7-14-28(18-21-10-9-11-24(16-21)33-3)19-23-17-22(27(31)32)12-13-25(23)29/h9-13,16-17,20H,4-8,14-15,18-19H2,1-3H3,(H,31,32). The molecule has 2 aromatic rings. The molecule has 0 bridgehead atoms. The lowest BCUT2D eigenvalue weighted by atomic mass is 10.0. The number of carboxylic acid groups (broad SMARTS) is 1. The second kappa shape index (κ2) is 11.8. The highest BCUT2D eigenvalue weighted by atomic mass is 16.5. The van der Waals surface area contributed by atoms with Crippen LogP contribution in [-0.2, 0) is 17.9 Å². The van der Waals surface area contributed by atoms with E-state index in [4.69, 9.17) is 4.74 Å². The maximum atomic E-state index is 13.1. The number of benzene rings is 2. The van der Waals surface area contributed by atoms with Gasteiger partial charge in [0.25, 0.3) is 0 Å². The Hall–Kier alpha value is -2.86. The molecule has 0 saturated carbocycles. The Morgan fingerprint density at radius 3 is 2.42 bits per heavy atom. The minimum Gasteiger partial charge on any atom is -0.497 e. The highest BCUT2D eigenvalue weighted by Gasteiger charge is 2.23. The lowest BCUT2D eigenvalue weighted by molar-refractivity contribution is -0.121. The van der Waals surface area contributed by atoms with E-state index < -0.39 is 5.97 Å². The van der Waals surface area contributed by atoms with Gasteiger partial charge in [-0.15, -0.1) is 0 Å². The summed E-state index contributed by atoms with van der Waals surface area (Å²) in [6.07, 6.45) is 5.43. The number of nitrogens with zero attached hydrogens (tertiary/aromatic N) is 2. The summed E-state index contributed by atoms with van der Waals surface area (Å²) in [5.74, 6) is -0.178. The van der Waals surface area contributed by atoms with Crippen molar-refractivity contribution >= 4 is 17.6 Å². The molecule has 1 amide bonds. The van der Waals surface area contributed by atoms with Crippen LogP contribution in [0.5, 0.6) is 5.75 Å². The Morgan fingerprint density at radius 2 is 1.73 bits per heavy atom. The number of carbonyl (C=O) groups excluding carboxylic acids is 1. The third kappa shape index (κ3) is 6.81. The van der Waals surface area contributed by atoms with Crippen molar-refractivity contribution in [3.63, 3.8) is 0 Å². The maximum Gasteiger partial charge on any atom is 0.335 e. The first-order chi connectivity index (χ1) is 15.9. The predicted molar refractivity (Wildman–Crippen MR) is 131 cm³/mol. The molecule has 0 spiro atoms. The maximum absolute atomic E-state index is 13.1. The van der Waals surface area contributed by atoms with E-state index in [2.05, 4.69) is 11.0 Å². The number of carbonyl (C=O) groups is 2. The summed E-state index contributed by atoms with van der Waals surface area (Å²) in [5, 5.41) is 9.61. The van der Waals surface area contributed by atoms with Crippen LogP contribution >= 0.6 is 0 Å². The van der Waals surface area contributed by atoms with Gasteiger partial charge in [0.2, 0.25) is 5.91 Å². The first kappa shape index (κ1) is 24.8. The Labute approximate surface area is 197 Å². The van der Waals surface area contributed by atoms with Crippen LogP contribution in [0.3, 0.4) is 0 Å². The van der Waals surface area contributed by atoms with E-state index in [1.807, 2.05) is 43.0 Å². The Kier molecular flexibility index (Phi) is 8.89. The molecule has 1 heterocycles. The highest BCUT2D eigenvalue weighted by molar-refractivity contribution is 5.96. The van der Waals surface area contributed by atoms with Crippen molar-refractivity contribution in [1.29, 1.82) is 0 Å². The predicted octanol–water partition coefficient (Wildman–Crippen LogP) is 5.35. The molecule has 1 N–H and O–H groups in total. The summed E-state index contributed by atoms with van der Waals surface area (Å²) in [6.45, 7) is 6.71. The first-order valence-electron chi connectivity index (χ1n) is 11.9. The number of methoxy groups -OCH3 is 1. The fourth-order valence-corrected chi connectivity index (χ4v) is 4.39. The zero-order valence-electron chi connectivity index (χ0n) is 20.0. The molecule has 0 aliphatic carbocycles. The summed E-state index contributed by atoms with van der Waals surface area (Å²) in [6, 6.07) is 13.2. The molecule has 178 valence electrons. The van der Waals surface area contributed by atoms with Crippen molar-refractivity contribution in [2.75, 3.05) is 25.1 Å². The summed E-state index contributed by atoms with van der Waals surface area (Å²) in [4.78, 5) is 29.1. The molecule has 0 unspecified atom stereocenters. The summed E-state index contributed by atoms with van der Waals surface area (Å²) in [7, 11) is 1.67. The number of hydrogen-bond acceptors (Lipinski definition) is 4. The van der Waals surface area contributed by atoms with E-state index in [1.165, 1.54) is 0 Å². The van der Waals surface area contributed by atoms with Crippen LogP contribution in [0.1, 0.15) is 67.4 Å². The van der Waals surface area contributed by atoms with Gasteiger partial charge in [-0.25, -0.2) is 4.79 Å². The SMILES string of the molecule is COc1cccc(CN2CCCCCCCN(C(=O)C(C)C)c3ccc(C(=O)O)cc3C2)c1. The van der Waals surface area contributed by atoms with Crippen molar-refractivity contribution in [3.05, 3.63) is 59.2 Å². The van der Waals surface area contributed by atoms with Gasteiger partial charge in [-0.1, -0.05) is 45.2 Å². The molecule has 1 aliphatic heterocycles. The summed E-state index contributed by atoms with van der Waals surface area (Å²) in [5.41, 5.74) is 3.11. The van der Waals surface area contributed by atoms with Crippen molar-refractivity contribution in [2.45, 2.75) is 59.0 Å². The molecule has 1 aliphatic rings. The molecular weight excluding hydrogens is 416 g/mol. The van der Waals surface area contributed by atoms with E-state index in [0.717, 1.165) is 67.8 Å². The fraction of sp³-hybridized carbons (Fsp3) is 0.481. The largest absolute Gasteiger partial charge is 0.497 e. The minimum absolute atomic E-state index is 0.0794. The fourth-order valence-electron chi connectivity index (χ4n) is 4.39. The van der Waals surface area contributed by atoms with E-state index in [-0.39, 0.29) is 17.4 Å². The van der Waals surface area contributed by atoms with Crippen LogP contribution in [0.2, 0.25) is 0 Å². The summed E-state index contributed by atoms with van der Waals surface area (Å²) >= 11 is 0. The molecule has 0 aromatic heterocycles. The van der Waals surface area contributed by atoms with Gasteiger partial charge in [0.1, 0.15) is 5.75 Å². The second-order valence-corrected chi connectivity index (χ2v) is 9.12. The van der Waals surface area contributed by atoms with Crippen LogP contribution in [0, 0.1) is 5.92 Å². The van der Waals surface area contributed by atoms with Crippen LogP contribution < -0.4 is 9.64 Å². The van der Waals surface area contributed by atoms with E-state index >= 15 is 0 Å². The third-order valence-electron chi connectivity index (χ3n) is 6.17. The van der Waals surface area contributed by atoms with Gasteiger partial charge in [0.05, 0.1) is 12.7 Å². The normalized spacial score (nSPS) is 15.9. The third-order valence-corrected chi connectivity index (χ3v) is 6.17. The van der Waals surface area contributed by atoms with E-state index in [9.17, 15) is 14.7 Å². The van der Waals surface area contributed by atoms with Crippen LogP contribution in [0.4, 0.5) is 5.69 Å². The average molecular weight is 453 g/mol. The Bertz CT molecular complexity index is 957. The molecule has 0 atom stereocenters. The second-order valence-electron chi connectivity index (χ2n) is 9.12. The monoisotopic (exact) mass is 452 g/mol. The lowest BCUT2D eigenvalue weighted by Crippen LogP contribution is -2.37. The number of amides is 1. The van der Waals surface area contributed by atoms with Gasteiger partial charge in [-0.05, 0) is 60.8 Å². The van der Waals surface area contributed by atoms with Crippen molar-refractivity contribution < 1.29 is 19.4 Å². The van der Waals surface area contributed by atoms with Crippen molar-refractivity contribution in [1.82, 2.24) is 4.90 Å². The van der Waals surface area contributed by atoms with Gasteiger partial charge in [-0.3, -0.25) is 9.69 Å². The molecule has 33 heavy (non-hydrogen) atoms. The number of anilines is 1. The van der Waals surface area contributed by atoms with Crippen LogP contribution in [-0.4, -0.2) is 42.1 Å². The number of hydrogen-bond donors (Lipinski definition) is 1. The molecule has 0 saturated heterocycles. The number of rotatable bonds is 5. The molecular formula is C27H36N2O4. The molecule has 6 heteroatoms. The summed E-state index contributed by atoms with van der Waals surface area (Å²) < 4.78 is 5.39. The molecule has 2 aromatic carbocycles. The van der Waals surface area contributed by atoms with E-state index in [1.54, 1.807) is 19.2 Å². The molecule has 0 fully saturated rings. The van der Waals surface area contributed by atoms with Gasteiger partial charge < -0.3 is 14.7 Å². The average Bonchev–Trinajstić information content (AvgIpc) is 2.79. The van der Waals surface area contributed by atoms with Gasteiger partial charge in [0, 0.05) is 31.2 Å². The topological polar surface area (TPSA) is 70.1 Å². The zero-order chi connectivity index (χ0) is 23.8. The Morgan fingerprint density at radius 1 is 1.00 bits per heavy atom. The Balaban J connectivity index is 2.00. The van der Waals surface area contributed by atoms with Gasteiger partial charge >= 0.3 is 5.97 Å². The number of fused-ring (bicyclic) bond motifs is 1. The smallest absolute Gasteiger partial charge is 0.335 e. The quantitative estimate of drug-likeness (QED) is 0.662. The van der Waals surface area contributed by atoms with Crippen LogP contribution in [0.15, 0.2) is 42.5 Å². The van der Waals surface area contributed by atoms with Crippen LogP contribution in [0.25, 0.3) is 0 Å². The highest BCUT2D eigenvalue weighted by Crippen LogP contribution is 2.28. The van der Waals surface area contributed by atoms with Crippen molar-refractivity contribution in [3.8, 4) is 5.75 Å². The minimum atomic E-state index is -0.954. The molecule has 6 nitrogen and oxygen atoms in total. The van der Waals surface area contributed by atoms with E-state index in [0.29, 0.717) is 13.1 Å². The number of aromatic carboxylic acids is 1. The number of carboxylic acids is 1. The van der Waals surface area contributed by atoms with Gasteiger partial charge in [-0.2, -0.15) is 0 Å². The first-order valence-corrected chi connectivity index (χ1v) is 11.9. The lowest BCUT2D eigenvalue weighted by Gasteiger charge is -2.30. The zero-order valence-corrected chi connectivity index (χ0v) is 20.0. The van der Waals surface area contributed by atoms with Crippen molar-refractivity contribution in [2.24, 2.45) is 5.92 Å². The number of ether oxygens (including phenoxy) is 1.